The van der Waals surface area contributed by atoms with Crippen molar-refractivity contribution in [3.63, 3.8) is 0 Å². The van der Waals surface area contributed by atoms with Crippen molar-refractivity contribution in [2.45, 2.75) is 39.2 Å². The van der Waals surface area contributed by atoms with E-state index in [1.807, 2.05) is 24.3 Å². The minimum atomic E-state index is 0.203. The van der Waals surface area contributed by atoms with E-state index in [9.17, 15) is 4.79 Å². The summed E-state index contributed by atoms with van der Waals surface area (Å²) in [7, 11) is 0. The Balaban J connectivity index is 1.81. The van der Waals surface area contributed by atoms with Crippen LogP contribution in [0.25, 0.3) is 0 Å². The number of hydrogen-bond donors (Lipinski definition) is 2. The Kier molecular flexibility index (Phi) is 5.83. The van der Waals surface area contributed by atoms with E-state index in [-0.39, 0.29) is 11.8 Å². The molecule has 1 aromatic rings. The molecule has 0 heterocycles. The molecule has 3 N–H and O–H groups in total. The summed E-state index contributed by atoms with van der Waals surface area (Å²) in [6.07, 6.45) is 4.40. The van der Waals surface area contributed by atoms with Crippen molar-refractivity contribution in [1.29, 1.82) is 0 Å². The lowest BCUT2D eigenvalue weighted by molar-refractivity contribution is -0.126. The maximum absolute atomic E-state index is 12.1. The number of rotatable bonds is 3. The molecule has 3 heteroatoms. The largest absolute Gasteiger partial charge is 0.352 e. The average molecular weight is 284 g/mol. The van der Waals surface area contributed by atoms with E-state index in [2.05, 4.69) is 24.1 Å². The van der Waals surface area contributed by atoms with Crippen LogP contribution in [-0.2, 0) is 11.3 Å². The predicted molar refractivity (Wildman–Crippen MR) is 85.3 cm³/mol. The number of nitrogens with two attached hydrogens (primary N) is 1. The van der Waals surface area contributed by atoms with Crippen LogP contribution >= 0.6 is 0 Å². The van der Waals surface area contributed by atoms with E-state index in [1.54, 1.807) is 0 Å². The van der Waals surface area contributed by atoms with Crippen molar-refractivity contribution in [2.24, 2.45) is 17.6 Å². The van der Waals surface area contributed by atoms with E-state index in [0.717, 1.165) is 29.9 Å². The van der Waals surface area contributed by atoms with Crippen molar-refractivity contribution in [3.8, 4) is 11.8 Å². The summed E-state index contributed by atoms with van der Waals surface area (Å²) in [4.78, 5) is 12.1. The highest BCUT2D eigenvalue weighted by atomic mass is 16.1. The fourth-order valence-corrected chi connectivity index (χ4v) is 2.71. The van der Waals surface area contributed by atoms with Gasteiger partial charge in [0.2, 0.25) is 5.91 Å². The molecular weight excluding hydrogens is 260 g/mol. The molecule has 0 bridgehead atoms. The molecule has 1 fully saturated rings. The smallest absolute Gasteiger partial charge is 0.223 e. The molecule has 0 atom stereocenters. The van der Waals surface area contributed by atoms with Gasteiger partial charge >= 0.3 is 0 Å². The molecule has 1 amide bonds. The second-order valence-electron chi connectivity index (χ2n) is 5.88. The second-order valence-corrected chi connectivity index (χ2v) is 5.88. The molecule has 0 aliphatic heterocycles. The van der Waals surface area contributed by atoms with Crippen LogP contribution < -0.4 is 11.1 Å². The summed E-state index contributed by atoms with van der Waals surface area (Å²) in [5.74, 6) is 7.00. The Morgan fingerprint density at radius 2 is 1.90 bits per heavy atom. The number of carbonyl (C=O) groups excluding carboxylic acids is 1. The van der Waals surface area contributed by atoms with Gasteiger partial charge in [0.05, 0.1) is 6.54 Å². The highest BCUT2D eigenvalue weighted by Gasteiger charge is 2.23. The lowest BCUT2D eigenvalue weighted by atomic mass is 9.82. The predicted octanol–water partition coefficient (Wildman–Crippen LogP) is 2.44. The third-order valence-electron chi connectivity index (χ3n) is 4.14. The van der Waals surface area contributed by atoms with E-state index in [1.165, 1.54) is 12.8 Å². The fraction of sp³-hybridized carbons (Fsp3) is 0.500. The molecule has 2 rings (SSSR count). The number of nitrogens with one attached hydrogen (secondary N) is 1. The summed E-state index contributed by atoms with van der Waals surface area (Å²) in [6, 6.07) is 7.94. The molecule has 0 saturated heterocycles. The third kappa shape index (κ3) is 4.91. The van der Waals surface area contributed by atoms with Crippen LogP contribution in [-0.4, -0.2) is 12.5 Å². The van der Waals surface area contributed by atoms with Crippen molar-refractivity contribution < 1.29 is 4.79 Å². The van der Waals surface area contributed by atoms with Gasteiger partial charge in [0, 0.05) is 18.0 Å². The number of hydrogen-bond acceptors (Lipinski definition) is 2. The van der Waals surface area contributed by atoms with Crippen LogP contribution in [0.1, 0.15) is 43.7 Å². The van der Waals surface area contributed by atoms with Gasteiger partial charge in [-0.1, -0.05) is 30.9 Å². The lowest BCUT2D eigenvalue weighted by Crippen LogP contribution is -2.32. The Bertz CT molecular complexity index is 516. The van der Waals surface area contributed by atoms with E-state index in [4.69, 9.17) is 5.73 Å². The first-order valence-corrected chi connectivity index (χ1v) is 7.74. The summed E-state index contributed by atoms with van der Waals surface area (Å²) < 4.78 is 0. The second kappa shape index (κ2) is 7.85. The standard InChI is InChI=1S/C18H24N2O/c1-14-4-10-17(11-5-14)18(21)20-13-16-8-6-15(7-9-16)3-2-12-19/h6-9,14,17H,4-5,10-13,19H2,1H3,(H,20,21). The van der Waals surface area contributed by atoms with Gasteiger partial charge in [0.15, 0.2) is 0 Å². The van der Waals surface area contributed by atoms with E-state index >= 15 is 0 Å². The molecule has 1 aromatic carbocycles. The normalized spacial score (nSPS) is 21.2. The quantitative estimate of drug-likeness (QED) is 0.838. The zero-order valence-corrected chi connectivity index (χ0v) is 12.7. The van der Waals surface area contributed by atoms with E-state index < -0.39 is 0 Å². The first kappa shape index (κ1) is 15.6. The van der Waals surface area contributed by atoms with Crippen LogP contribution in [0.5, 0.6) is 0 Å². The van der Waals surface area contributed by atoms with Crippen molar-refractivity contribution in [3.05, 3.63) is 35.4 Å². The van der Waals surface area contributed by atoms with Crippen molar-refractivity contribution in [2.75, 3.05) is 6.54 Å². The Morgan fingerprint density at radius 1 is 1.24 bits per heavy atom. The highest BCUT2D eigenvalue weighted by molar-refractivity contribution is 5.78. The molecule has 1 saturated carbocycles. The van der Waals surface area contributed by atoms with Gasteiger partial charge in [-0.25, -0.2) is 0 Å². The summed E-state index contributed by atoms with van der Waals surface area (Å²) in [5.41, 5.74) is 7.40. The molecular formula is C18H24N2O. The zero-order valence-electron chi connectivity index (χ0n) is 12.7. The minimum absolute atomic E-state index is 0.203. The summed E-state index contributed by atoms with van der Waals surface area (Å²) in [6.45, 7) is 3.23. The minimum Gasteiger partial charge on any atom is -0.352 e. The lowest BCUT2D eigenvalue weighted by Gasteiger charge is -2.25. The maximum Gasteiger partial charge on any atom is 0.223 e. The maximum atomic E-state index is 12.1. The molecule has 1 aliphatic carbocycles. The fourth-order valence-electron chi connectivity index (χ4n) is 2.71. The first-order valence-electron chi connectivity index (χ1n) is 7.74. The topological polar surface area (TPSA) is 55.1 Å². The van der Waals surface area contributed by atoms with Gasteiger partial charge in [-0.05, 0) is 49.3 Å². The molecule has 0 radical (unpaired) electrons. The zero-order chi connectivity index (χ0) is 15.1. The van der Waals surface area contributed by atoms with Crippen LogP contribution in [0, 0.1) is 23.7 Å². The van der Waals surface area contributed by atoms with E-state index in [0.29, 0.717) is 13.1 Å². The monoisotopic (exact) mass is 284 g/mol. The SMILES string of the molecule is CC1CCC(C(=O)NCc2ccc(C#CCN)cc2)CC1. The van der Waals surface area contributed by atoms with Crippen LogP contribution in [0.15, 0.2) is 24.3 Å². The van der Waals surface area contributed by atoms with Gasteiger partial charge < -0.3 is 11.1 Å². The van der Waals surface area contributed by atoms with Gasteiger partial charge in [0.25, 0.3) is 0 Å². The van der Waals surface area contributed by atoms with Gasteiger partial charge in [-0.2, -0.15) is 0 Å². The summed E-state index contributed by atoms with van der Waals surface area (Å²) in [5, 5.41) is 3.05. The molecule has 0 aromatic heterocycles. The molecule has 1 aliphatic rings. The van der Waals surface area contributed by atoms with Crippen LogP contribution in [0.4, 0.5) is 0 Å². The van der Waals surface area contributed by atoms with Gasteiger partial charge in [-0.15, -0.1) is 0 Å². The molecule has 21 heavy (non-hydrogen) atoms. The number of carbonyl (C=O) groups is 1. The van der Waals surface area contributed by atoms with Crippen LogP contribution in [0.2, 0.25) is 0 Å². The van der Waals surface area contributed by atoms with Gasteiger partial charge in [-0.3, -0.25) is 4.79 Å². The molecule has 3 nitrogen and oxygen atoms in total. The Morgan fingerprint density at radius 3 is 2.52 bits per heavy atom. The molecule has 0 unspecified atom stereocenters. The Labute approximate surface area is 127 Å². The third-order valence-corrected chi connectivity index (χ3v) is 4.14. The molecule has 0 spiro atoms. The average Bonchev–Trinajstić information content (AvgIpc) is 2.52. The van der Waals surface area contributed by atoms with Crippen LogP contribution in [0.3, 0.4) is 0 Å². The van der Waals surface area contributed by atoms with Crippen molar-refractivity contribution >= 4 is 5.91 Å². The molecule has 112 valence electrons. The van der Waals surface area contributed by atoms with Gasteiger partial charge in [0.1, 0.15) is 0 Å². The number of amides is 1. The Hall–Kier alpha value is -1.79. The van der Waals surface area contributed by atoms with Crippen molar-refractivity contribution in [1.82, 2.24) is 5.32 Å². The highest BCUT2D eigenvalue weighted by Crippen LogP contribution is 2.28. The first-order chi connectivity index (χ1) is 10.2. The number of benzene rings is 1. The summed E-state index contributed by atoms with van der Waals surface area (Å²) >= 11 is 0.